The van der Waals surface area contributed by atoms with Crippen molar-refractivity contribution in [2.45, 2.75) is 51.3 Å². The summed E-state index contributed by atoms with van der Waals surface area (Å²) < 4.78 is 0. The molecule has 5 heteroatoms. The predicted molar refractivity (Wildman–Crippen MR) is 74.5 cm³/mol. The molecule has 0 aromatic heterocycles. The molecule has 1 unspecified atom stereocenters. The largest absolute Gasteiger partial charge is 0.356 e. The van der Waals surface area contributed by atoms with Crippen molar-refractivity contribution in [2.24, 2.45) is 4.99 Å². The number of hydrogen-bond acceptors (Lipinski definition) is 4. The number of rotatable bonds is 4. The van der Waals surface area contributed by atoms with Gasteiger partial charge in [-0.05, 0) is 27.2 Å². The lowest BCUT2D eigenvalue weighted by Crippen LogP contribution is -2.45. The fourth-order valence-electron chi connectivity index (χ4n) is 1.61. The minimum Gasteiger partial charge on any atom is -0.356 e. The average Bonchev–Trinajstić information content (AvgIpc) is 2.61. The van der Waals surface area contributed by atoms with Crippen molar-refractivity contribution in [3.8, 4) is 0 Å². The van der Waals surface area contributed by atoms with E-state index >= 15 is 0 Å². The zero-order valence-electron chi connectivity index (χ0n) is 11.2. The lowest BCUT2D eigenvalue weighted by molar-refractivity contribution is -0.121. The molecule has 0 bridgehead atoms. The van der Waals surface area contributed by atoms with Crippen LogP contribution < -0.4 is 10.6 Å². The van der Waals surface area contributed by atoms with Crippen LogP contribution in [0.3, 0.4) is 0 Å². The van der Waals surface area contributed by atoms with Gasteiger partial charge in [-0.25, -0.2) is 0 Å². The van der Waals surface area contributed by atoms with Crippen molar-refractivity contribution in [3.05, 3.63) is 0 Å². The summed E-state index contributed by atoms with van der Waals surface area (Å²) in [5, 5.41) is 7.51. The smallest absolute Gasteiger partial charge is 0.239 e. The Labute approximate surface area is 108 Å². The Morgan fingerprint density at radius 2 is 2.24 bits per heavy atom. The van der Waals surface area contributed by atoms with Crippen LogP contribution in [0, 0.1) is 0 Å². The molecule has 0 fully saturated rings. The number of amides is 1. The predicted octanol–water partition coefficient (Wildman–Crippen LogP) is 1.76. The van der Waals surface area contributed by atoms with Gasteiger partial charge in [0.2, 0.25) is 5.91 Å². The highest BCUT2D eigenvalue weighted by Crippen LogP contribution is 2.23. The van der Waals surface area contributed by atoms with Gasteiger partial charge in [0.05, 0.1) is 13.1 Å². The summed E-state index contributed by atoms with van der Waals surface area (Å²) in [7, 11) is 0. The molecule has 1 heterocycles. The summed E-state index contributed by atoms with van der Waals surface area (Å²) in [4.78, 5) is 16.0. The average molecular weight is 257 g/mol. The minimum atomic E-state index is -0.172. The van der Waals surface area contributed by atoms with Gasteiger partial charge in [-0.1, -0.05) is 25.1 Å². The van der Waals surface area contributed by atoms with Crippen LogP contribution in [0.4, 0.5) is 0 Å². The van der Waals surface area contributed by atoms with E-state index < -0.39 is 0 Å². The Balaban J connectivity index is 2.22. The summed E-state index contributed by atoms with van der Waals surface area (Å²) in [6.07, 6.45) is 2.37. The second-order valence-electron chi connectivity index (χ2n) is 5.33. The Morgan fingerprint density at radius 3 is 2.82 bits per heavy atom. The number of thioether (sulfide) groups is 1. The zero-order chi connectivity index (χ0) is 12.9. The second kappa shape index (κ2) is 6.28. The van der Waals surface area contributed by atoms with E-state index in [4.69, 9.17) is 0 Å². The third-order valence-electron chi connectivity index (χ3n) is 2.24. The van der Waals surface area contributed by atoms with E-state index in [2.05, 4.69) is 22.5 Å². The molecule has 1 aliphatic heterocycles. The summed E-state index contributed by atoms with van der Waals surface area (Å²) in [5.74, 6) is 0.0136. The van der Waals surface area contributed by atoms with E-state index in [0.29, 0.717) is 11.8 Å². The van der Waals surface area contributed by atoms with Crippen LogP contribution in [-0.4, -0.2) is 35.0 Å². The maximum Gasteiger partial charge on any atom is 0.239 e. The van der Waals surface area contributed by atoms with Gasteiger partial charge >= 0.3 is 0 Å². The molecule has 1 amide bonds. The van der Waals surface area contributed by atoms with Gasteiger partial charge in [0, 0.05) is 10.8 Å². The number of nitrogens with zero attached hydrogens (tertiary/aromatic N) is 1. The maximum atomic E-state index is 11.6. The molecule has 0 spiro atoms. The third kappa shape index (κ3) is 5.96. The lowest BCUT2D eigenvalue weighted by Gasteiger charge is -2.20. The van der Waals surface area contributed by atoms with Crippen LogP contribution in [-0.2, 0) is 4.79 Å². The van der Waals surface area contributed by atoms with E-state index in [0.717, 1.165) is 11.7 Å². The minimum absolute atomic E-state index is 0.0136. The molecule has 1 atom stereocenters. The number of nitrogens with one attached hydrogen (secondary N) is 2. The van der Waals surface area contributed by atoms with Crippen LogP contribution in [0.15, 0.2) is 4.99 Å². The summed E-state index contributed by atoms with van der Waals surface area (Å²) in [6.45, 7) is 9.30. The number of amidine groups is 1. The van der Waals surface area contributed by atoms with Gasteiger partial charge in [-0.3, -0.25) is 9.79 Å². The van der Waals surface area contributed by atoms with Crippen molar-refractivity contribution in [1.29, 1.82) is 0 Å². The highest BCUT2D eigenvalue weighted by atomic mass is 32.2. The number of hydrogen-bond donors (Lipinski definition) is 2. The third-order valence-corrected chi connectivity index (χ3v) is 3.46. The first kappa shape index (κ1) is 14.4. The SMILES string of the molecule is CCCC1CN=C(NCC(=O)NC(C)(C)C)S1. The summed E-state index contributed by atoms with van der Waals surface area (Å²) >= 11 is 1.75. The molecule has 1 aliphatic rings. The molecule has 0 aliphatic carbocycles. The van der Waals surface area contributed by atoms with Gasteiger partial charge in [-0.15, -0.1) is 0 Å². The fourth-order valence-corrected chi connectivity index (χ4v) is 2.73. The van der Waals surface area contributed by atoms with Crippen LogP contribution in [0.1, 0.15) is 40.5 Å². The molecule has 17 heavy (non-hydrogen) atoms. The van der Waals surface area contributed by atoms with E-state index in [9.17, 15) is 4.79 Å². The fraction of sp³-hybridized carbons (Fsp3) is 0.833. The van der Waals surface area contributed by atoms with Crippen LogP contribution >= 0.6 is 11.8 Å². The number of aliphatic imine (C=N–C) groups is 1. The standard InChI is InChI=1S/C12H23N3OS/c1-5-6-9-7-13-11(17-9)14-8-10(16)15-12(2,3)4/h9H,5-8H2,1-4H3,(H,13,14)(H,15,16). The molecule has 4 nitrogen and oxygen atoms in total. The molecule has 0 saturated heterocycles. The lowest BCUT2D eigenvalue weighted by atomic mass is 10.1. The molecule has 0 radical (unpaired) electrons. The normalized spacial score (nSPS) is 20.0. The Morgan fingerprint density at radius 1 is 1.53 bits per heavy atom. The first-order chi connectivity index (χ1) is 7.90. The van der Waals surface area contributed by atoms with Gasteiger partial charge in [-0.2, -0.15) is 0 Å². The first-order valence-electron chi connectivity index (χ1n) is 6.16. The topological polar surface area (TPSA) is 53.5 Å². The van der Waals surface area contributed by atoms with Crippen molar-refractivity contribution < 1.29 is 4.79 Å². The van der Waals surface area contributed by atoms with Crippen molar-refractivity contribution in [1.82, 2.24) is 10.6 Å². The molecular weight excluding hydrogens is 234 g/mol. The molecular formula is C12H23N3OS. The maximum absolute atomic E-state index is 11.6. The quantitative estimate of drug-likeness (QED) is 0.807. The molecule has 98 valence electrons. The summed E-state index contributed by atoms with van der Waals surface area (Å²) in [6, 6.07) is 0. The number of carbonyl (C=O) groups is 1. The summed E-state index contributed by atoms with van der Waals surface area (Å²) in [5.41, 5.74) is -0.172. The zero-order valence-corrected chi connectivity index (χ0v) is 12.0. The second-order valence-corrected chi connectivity index (χ2v) is 6.62. The molecule has 0 saturated carbocycles. The van der Waals surface area contributed by atoms with Crippen molar-refractivity contribution in [2.75, 3.05) is 13.1 Å². The molecule has 2 N–H and O–H groups in total. The monoisotopic (exact) mass is 257 g/mol. The van der Waals surface area contributed by atoms with Crippen molar-refractivity contribution >= 4 is 22.8 Å². The van der Waals surface area contributed by atoms with Gasteiger partial charge in [0.1, 0.15) is 0 Å². The van der Waals surface area contributed by atoms with Crippen LogP contribution in [0.25, 0.3) is 0 Å². The van der Waals surface area contributed by atoms with Crippen LogP contribution in [0.5, 0.6) is 0 Å². The highest BCUT2D eigenvalue weighted by molar-refractivity contribution is 8.14. The Bertz CT molecular complexity index is 297. The van der Waals surface area contributed by atoms with E-state index in [1.807, 2.05) is 20.8 Å². The van der Waals surface area contributed by atoms with E-state index in [1.54, 1.807) is 11.8 Å². The molecule has 0 aromatic carbocycles. The van der Waals surface area contributed by atoms with Gasteiger partial charge in [0.15, 0.2) is 5.17 Å². The van der Waals surface area contributed by atoms with Crippen LogP contribution in [0.2, 0.25) is 0 Å². The molecule has 0 aromatic rings. The first-order valence-corrected chi connectivity index (χ1v) is 7.04. The van der Waals surface area contributed by atoms with E-state index in [1.165, 1.54) is 12.8 Å². The van der Waals surface area contributed by atoms with Gasteiger partial charge < -0.3 is 10.6 Å². The van der Waals surface area contributed by atoms with Crippen molar-refractivity contribution in [3.63, 3.8) is 0 Å². The molecule has 1 rings (SSSR count). The highest BCUT2D eigenvalue weighted by Gasteiger charge is 2.19. The van der Waals surface area contributed by atoms with Gasteiger partial charge in [0.25, 0.3) is 0 Å². The Hall–Kier alpha value is -0.710. The number of carbonyl (C=O) groups excluding carboxylic acids is 1. The Kier molecular flexibility index (Phi) is 5.31. The van der Waals surface area contributed by atoms with E-state index in [-0.39, 0.29) is 11.4 Å².